The first-order chi connectivity index (χ1) is 12.7. The summed E-state index contributed by atoms with van der Waals surface area (Å²) < 4.78 is 10.1. The van der Waals surface area contributed by atoms with Gasteiger partial charge in [0.1, 0.15) is 17.3 Å². The van der Waals surface area contributed by atoms with E-state index >= 15 is 0 Å². The van der Waals surface area contributed by atoms with E-state index in [1.807, 2.05) is 47.1 Å². The average molecular weight is 350 g/mol. The van der Waals surface area contributed by atoms with E-state index in [1.165, 1.54) is 12.8 Å². The van der Waals surface area contributed by atoms with Crippen LogP contribution in [0.1, 0.15) is 34.9 Å². The van der Waals surface area contributed by atoms with Crippen molar-refractivity contribution in [2.45, 2.75) is 25.0 Å². The van der Waals surface area contributed by atoms with Gasteiger partial charge >= 0.3 is 0 Å². The Morgan fingerprint density at radius 2 is 1.96 bits per heavy atom. The molecule has 26 heavy (non-hydrogen) atoms. The minimum Gasteiger partial charge on any atom is -0.366 e. The van der Waals surface area contributed by atoms with Crippen molar-refractivity contribution in [1.29, 1.82) is 0 Å². The zero-order valence-corrected chi connectivity index (χ0v) is 14.8. The lowest BCUT2D eigenvalue weighted by molar-refractivity contribution is -0.0863. The smallest absolute Gasteiger partial charge is 0.259 e. The number of carbonyl (C=O) groups excluding carboxylic acids is 1. The van der Waals surface area contributed by atoms with Crippen molar-refractivity contribution in [3.05, 3.63) is 60.0 Å². The number of imidazole rings is 1. The number of carbonyl (C=O) groups is 1. The summed E-state index contributed by atoms with van der Waals surface area (Å²) in [7, 11) is 1.94. The van der Waals surface area contributed by atoms with E-state index in [0.717, 1.165) is 11.2 Å². The molecule has 2 aliphatic rings. The van der Waals surface area contributed by atoms with Gasteiger partial charge in [0.2, 0.25) is 0 Å². The predicted octanol–water partition coefficient (Wildman–Crippen LogP) is 2.67. The molecule has 1 saturated heterocycles. The monoisotopic (exact) mass is 350 g/mol. The molecule has 1 aliphatic heterocycles. The maximum absolute atomic E-state index is 13.3. The van der Waals surface area contributed by atoms with E-state index in [9.17, 15) is 4.79 Å². The van der Waals surface area contributed by atoms with Crippen LogP contribution in [-0.2, 0) is 11.8 Å². The highest BCUT2D eigenvalue weighted by Crippen LogP contribution is 2.39. The van der Waals surface area contributed by atoms with E-state index in [4.69, 9.17) is 4.74 Å². The molecule has 1 amide bonds. The van der Waals surface area contributed by atoms with Crippen molar-refractivity contribution in [2.24, 2.45) is 13.0 Å². The van der Waals surface area contributed by atoms with Gasteiger partial charge in [-0.15, -0.1) is 0 Å². The number of aromatic nitrogens is 3. The van der Waals surface area contributed by atoms with Crippen molar-refractivity contribution in [1.82, 2.24) is 19.1 Å². The Balaban J connectivity index is 1.46. The van der Waals surface area contributed by atoms with E-state index in [-0.39, 0.29) is 18.1 Å². The number of rotatable bonds is 3. The first kappa shape index (κ1) is 15.6. The molecule has 0 unspecified atom stereocenters. The van der Waals surface area contributed by atoms with Gasteiger partial charge in [0.05, 0.1) is 18.8 Å². The van der Waals surface area contributed by atoms with Gasteiger partial charge in [-0.05, 0) is 24.3 Å². The summed E-state index contributed by atoms with van der Waals surface area (Å²) in [5.74, 6) is 0.621. The Morgan fingerprint density at radius 1 is 1.15 bits per heavy atom. The maximum atomic E-state index is 13.3. The minimum atomic E-state index is -0.0704. The lowest BCUT2D eigenvalue weighted by Crippen LogP contribution is -2.47. The molecule has 3 heterocycles. The van der Waals surface area contributed by atoms with Gasteiger partial charge in [0, 0.05) is 26.0 Å². The summed E-state index contributed by atoms with van der Waals surface area (Å²) in [4.78, 5) is 15.2. The predicted molar refractivity (Wildman–Crippen MR) is 96.8 cm³/mol. The fraction of sp³-hybridized carbons (Fsp3) is 0.400. The number of morpholine rings is 1. The first-order valence-electron chi connectivity index (χ1n) is 9.19. The lowest BCUT2D eigenvalue weighted by Gasteiger charge is -2.38. The Labute approximate surface area is 152 Å². The molecule has 2 aromatic heterocycles. The molecule has 2 atom stereocenters. The minimum absolute atomic E-state index is 0.0386. The number of aryl methyl sites for hydroxylation is 1. The second-order valence-corrected chi connectivity index (χ2v) is 7.36. The highest BCUT2D eigenvalue weighted by Gasteiger charge is 2.40. The molecule has 1 aliphatic carbocycles. The summed E-state index contributed by atoms with van der Waals surface area (Å²) in [5, 5.41) is 4.32. The molecule has 2 fully saturated rings. The van der Waals surface area contributed by atoms with Crippen LogP contribution >= 0.6 is 0 Å². The summed E-state index contributed by atoms with van der Waals surface area (Å²) in [5.41, 5.74) is 2.62. The third-order valence-electron chi connectivity index (χ3n) is 5.50. The highest BCUT2D eigenvalue weighted by molar-refractivity contribution is 5.99. The summed E-state index contributed by atoms with van der Waals surface area (Å²) in [6.07, 6.45) is 7.91. The van der Waals surface area contributed by atoms with Crippen LogP contribution in [0.15, 0.2) is 48.9 Å². The molecule has 0 N–H and O–H groups in total. The van der Waals surface area contributed by atoms with E-state index < -0.39 is 0 Å². The summed E-state index contributed by atoms with van der Waals surface area (Å²) >= 11 is 0. The van der Waals surface area contributed by atoms with Gasteiger partial charge in [0.15, 0.2) is 0 Å². The van der Waals surface area contributed by atoms with Gasteiger partial charge in [-0.25, -0.2) is 4.52 Å². The molecule has 1 saturated carbocycles. The fourth-order valence-electron chi connectivity index (χ4n) is 3.91. The third-order valence-corrected chi connectivity index (χ3v) is 5.50. The Morgan fingerprint density at radius 3 is 2.73 bits per heavy atom. The van der Waals surface area contributed by atoms with Crippen LogP contribution in [0.4, 0.5) is 0 Å². The number of amides is 1. The largest absolute Gasteiger partial charge is 0.366 e. The first-order valence-corrected chi connectivity index (χ1v) is 9.19. The molecule has 0 spiro atoms. The number of benzene rings is 1. The lowest BCUT2D eigenvalue weighted by atomic mass is 10.0. The van der Waals surface area contributed by atoms with Gasteiger partial charge in [-0.2, -0.15) is 5.10 Å². The van der Waals surface area contributed by atoms with Crippen molar-refractivity contribution in [2.75, 3.05) is 13.1 Å². The number of nitrogens with zero attached hydrogens (tertiary/aromatic N) is 4. The Hall–Kier alpha value is -2.60. The summed E-state index contributed by atoms with van der Waals surface area (Å²) in [6, 6.07) is 10.2. The molecular formula is C20H22N4O2. The average Bonchev–Trinajstić information content (AvgIpc) is 3.35. The molecule has 134 valence electrons. The van der Waals surface area contributed by atoms with E-state index in [2.05, 4.69) is 17.2 Å². The van der Waals surface area contributed by atoms with Crippen LogP contribution in [0.25, 0.3) is 5.65 Å². The molecule has 0 bridgehead atoms. The van der Waals surface area contributed by atoms with Crippen molar-refractivity contribution < 1.29 is 9.53 Å². The van der Waals surface area contributed by atoms with Gasteiger partial charge in [0.25, 0.3) is 5.91 Å². The molecule has 3 aromatic rings. The number of hydrogen-bond acceptors (Lipinski definition) is 3. The van der Waals surface area contributed by atoms with E-state index in [0.29, 0.717) is 24.6 Å². The fourth-order valence-corrected chi connectivity index (χ4v) is 3.91. The quantitative estimate of drug-likeness (QED) is 0.730. The molecule has 0 radical (unpaired) electrons. The SMILES string of the molecule is Cn1ccn2ncc(C(=O)N3C[C@@H](c4ccccc4)O[C@@H](C4CC4)C3)c12. The zero-order valence-electron chi connectivity index (χ0n) is 14.8. The second-order valence-electron chi connectivity index (χ2n) is 7.36. The number of hydrogen-bond donors (Lipinski definition) is 0. The number of fused-ring (bicyclic) bond motifs is 1. The van der Waals surface area contributed by atoms with Crippen molar-refractivity contribution >= 4 is 11.6 Å². The molecule has 6 nitrogen and oxygen atoms in total. The van der Waals surface area contributed by atoms with Crippen LogP contribution in [0, 0.1) is 5.92 Å². The van der Waals surface area contributed by atoms with Crippen LogP contribution in [0.3, 0.4) is 0 Å². The Bertz CT molecular complexity index is 941. The second kappa shape index (κ2) is 5.99. The topological polar surface area (TPSA) is 51.8 Å². The molecule has 6 heteroatoms. The van der Waals surface area contributed by atoms with E-state index in [1.54, 1.807) is 10.7 Å². The van der Waals surface area contributed by atoms with Crippen LogP contribution in [0.2, 0.25) is 0 Å². The standard InChI is InChI=1S/C20H22N4O2/c1-22-9-10-24-19(22)16(11-21-24)20(25)23-12-17(14-5-3-2-4-6-14)26-18(13-23)15-7-8-15/h2-6,9-11,15,17-18H,7-8,12-13H2,1H3/t17-,18+/m0/s1. The van der Waals surface area contributed by atoms with Crippen LogP contribution in [0.5, 0.6) is 0 Å². The molecular weight excluding hydrogens is 328 g/mol. The van der Waals surface area contributed by atoms with Gasteiger partial charge in [-0.3, -0.25) is 4.79 Å². The Kier molecular flexibility index (Phi) is 3.60. The normalized spacial score (nSPS) is 23.5. The van der Waals surface area contributed by atoms with Gasteiger partial charge in [-0.1, -0.05) is 30.3 Å². The third kappa shape index (κ3) is 2.61. The molecule has 1 aromatic carbocycles. The number of ether oxygens (including phenoxy) is 1. The zero-order chi connectivity index (χ0) is 17.7. The van der Waals surface area contributed by atoms with Crippen LogP contribution < -0.4 is 0 Å². The molecule has 5 rings (SSSR count). The maximum Gasteiger partial charge on any atom is 0.259 e. The summed E-state index contributed by atoms with van der Waals surface area (Å²) in [6.45, 7) is 1.24. The van der Waals surface area contributed by atoms with Gasteiger partial charge < -0.3 is 14.2 Å². The van der Waals surface area contributed by atoms with Crippen molar-refractivity contribution in [3.63, 3.8) is 0 Å². The van der Waals surface area contributed by atoms with Crippen molar-refractivity contribution in [3.8, 4) is 0 Å². The van der Waals surface area contributed by atoms with Crippen LogP contribution in [-0.4, -0.2) is 44.2 Å². The highest BCUT2D eigenvalue weighted by atomic mass is 16.5.